The third-order valence-corrected chi connectivity index (χ3v) is 5.76. The smallest absolute Gasteiger partial charge is 0.328 e. The van der Waals surface area contributed by atoms with Crippen LogP contribution in [-0.4, -0.2) is 68.5 Å². The van der Waals surface area contributed by atoms with Gasteiger partial charge in [0.15, 0.2) is 0 Å². The van der Waals surface area contributed by atoms with Crippen molar-refractivity contribution in [1.29, 1.82) is 0 Å². The number of carbonyl (C=O) groups excluding carboxylic acids is 2. The minimum absolute atomic E-state index is 0.155. The number of H-pyrrole nitrogens is 1. The van der Waals surface area contributed by atoms with Gasteiger partial charge in [0.25, 0.3) is 5.91 Å². The molecular weight excluding hydrogens is 464 g/mol. The van der Waals surface area contributed by atoms with E-state index in [0.717, 1.165) is 28.5 Å². The number of benzene rings is 2. The fraction of sp³-hybridized carbons (Fsp3) is 0.231. The summed E-state index contributed by atoms with van der Waals surface area (Å²) in [6, 6.07) is 15.2. The summed E-state index contributed by atoms with van der Waals surface area (Å²) >= 11 is 0. The van der Waals surface area contributed by atoms with Crippen molar-refractivity contribution in [3.05, 3.63) is 83.6 Å². The molecule has 0 saturated carbocycles. The third-order valence-electron chi connectivity index (χ3n) is 5.76. The summed E-state index contributed by atoms with van der Waals surface area (Å²) < 4.78 is 0. The maximum absolute atomic E-state index is 12.7. The van der Waals surface area contributed by atoms with Crippen LogP contribution >= 0.6 is 0 Å². The highest BCUT2D eigenvalue weighted by Gasteiger charge is 2.42. The number of hydrogen-bond donors (Lipinski definition) is 4. The van der Waals surface area contributed by atoms with Crippen molar-refractivity contribution in [3.8, 4) is 0 Å². The van der Waals surface area contributed by atoms with Crippen molar-refractivity contribution in [2.24, 2.45) is 5.73 Å². The van der Waals surface area contributed by atoms with E-state index in [-0.39, 0.29) is 11.9 Å². The summed E-state index contributed by atoms with van der Waals surface area (Å²) in [5.41, 5.74) is 9.98. The average Bonchev–Trinajstić information content (AvgIpc) is 3.34. The first-order valence-electron chi connectivity index (χ1n) is 11.3. The first-order chi connectivity index (χ1) is 17.2. The highest BCUT2D eigenvalue weighted by Crippen LogP contribution is 2.25. The van der Waals surface area contributed by atoms with Gasteiger partial charge >= 0.3 is 18.0 Å². The lowest BCUT2D eigenvalue weighted by molar-refractivity contribution is -0.134. The average molecular weight is 493 g/mol. The highest BCUT2D eigenvalue weighted by molar-refractivity contribution is 6.04. The number of carboxylic acid groups (broad SMARTS) is 2. The van der Waals surface area contributed by atoms with E-state index in [1.807, 2.05) is 48.7 Å². The molecule has 36 heavy (non-hydrogen) atoms. The molecule has 0 aliphatic carbocycles. The molecule has 2 heterocycles. The molecule has 1 aliphatic heterocycles. The molecule has 1 unspecified atom stereocenters. The van der Waals surface area contributed by atoms with Gasteiger partial charge in [-0.1, -0.05) is 36.4 Å². The molecule has 0 radical (unpaired) electrons. The molecule has 0 spiro atoms. The molecule has 10 heteroatoms. The van der Waals surface area contributed by atoms with Crippen LogP contribution in [0.2, 0.25) is 0 Å². The Labute approximate surface area is 207 Å². The van der Waals surface area contributed by atoms with E-state index < -0.39 is 18.0 Å². The molecule has 5 N–H and O–H groups in total. The van der Waals surface area contributed by atoms with E-state index >= 15 is 0 Å². The second-order valence-corrected chi connectivity index (χ2v) is 8.26. The fourth-order valence-corrected chi connectivity index (χ4v) is 4.01. The van der Waals surface area contributed by atoms with Gasteiger partial charge in [0, 0.05) is 49.3 Å². The lowest BCUT2D eigenvalue weighted by Gasteiger charge is -2.22. The van der Waals surface area contributed by atoms with E-state index in [2.05, 4.69) is 11.1 Å². The van der Waals surface area contributed by atoms with Crippen LogP contribution in [0.3, 0.4) is 0 Å². The molecule has 3 amide bonds. The number of aromatic nitrogens is 1. The number of aliphatic carboxylic acids is 2. The Bertz CT molecular complexity index is 1270. The SMILES string of the molecule is CN1C(=O)C(Cc2ccc3[nH]cc(CCN)c3c2)N(Cc2ccccc2)C1=O.O=C(O)/C=C\C(=O)O. The topological polar surface area (TPSA) is 157 Å². The number of imide groups is 1. The number of rotatable bonds is 8. The number of fused-ring (bicyclic) bond motifs is 1. The number of nitrogens with one attached hydrogen (secondary N) is 1. The standard InChI is InChI=1S/C22H24N4O2.C4H4O4/c1-25-21(27)20(26(22(25)28)14-15-5-3-2-4-6-15)12-16-7-8-19-18(11-16)17(9-10-23)13-24-19;5-3(6)1-2-4(7)8/h2-8,11,13,20,24H,9-10,12,14,23H2,1H3;1-2H,(H,5,6)(H,7,8)/b;2-1-. The van der Waals surface area contributed by atoms with Gasteiger partial charge in [-0.25, -0.2) is 14.4 Å². The third kappa shape index (κ3) is 6.36. The van der Waals surface area contributed by atoms with Crippen LogP contribution in [0.25, 0.3) is 10.9 Å². The number of amides is 3. The van der Waals surface area contributed by atoms with Gasteiger partial charge < -0.3 is 25.8 Å². The van der Waals surface area contributed by atoms with Crippen molar-refractivity contribution >= 4 is 34.8 Å². The van der Waals surface area contributed by atoms with Crippen molar-refractivity contribution in [3.63, 3.8) is 0 Å². The van der Waals surface area contributed by atoms with Gasteiger partial charge in [0.05, 0.1) is 0 Å². The normalized spacial score (nSPS) is 15.4. The number of carbonyl (C=O) groups is 4. The fourth-order valence-electron chi connectivity index (χ4n) is 4.01. The van der Waals surface area contributed by atoms with E-state index in [1.54, 1.807) is 11.9 Å². The zero-order valence-corrected chi connectivity index (χ0v) is 19.8. The molecule has 1 atom stereocenters. The second-order valence-electron chi connectivity index (χ2n) is 8.26. The molecular formula is C26H28N4O6. The first-order valence-corrected chi connectivity index (χ1v) is 11.3. The summed E-state index contributed by atoms with van der Waals surface area (Å²) in [6.45, 7) is 1.01. The molecule has 1 aromatic heterocycles. The van der Waals surface area contributed by atoms with E-state index in [0.29, 0.717) is 31.7 Å². The summed E-state index contributed by atoms with van der Waals surface area (Å²) in [7, 11) is 1.55. The Morgan fingerprint density at radius 3 is 2.31 bits per heavy atom. The van der Waals surface area contributed by atoms with Gasteiger partial charge in [-0.2, -0.15) is 0 Å². The van der Waals surface area contributed by atoms with Gasteiger partial charge in [-0.3, -0.25) is 9.69 Å². The largest absolute Gasteiger partial charge is 0.478 e. The van der Waals surface area contributed by atoms with Crippen LogP contribution in [0.5, 0.6) is 0 Å². The minimum Gasteiger partial charge on any atom is -0.478 e. The van der Waals surface area contributed by atoms with Gasteiger partial charge in [0.1, 0.15) is 6.04 Å². The highest BCUT2D eigenvalue weighted by atomic mass is 16.4. The van der Waals surface area contributed by atoms with Crippen molar-refractivity contribution < 1.29 is 29.4 Å². The molecule has 10 nitrogen and oxygen atoms in total. The van der Waals surface area contributed by atoms with Crippen LogP contribution in [0.4, 0.5) is 4.79 Å². The first kappa shape index (κ1) is 26.2. The number of aromatic amines is 1. The van der Waals surface area contributed by atoms with Gasteiger partial charge in [-0.15, -0.1) is 0 Å². The Hall–Kier alpha value is -4.44. The van der Waals surface area contributed by atoms with Crippen molar-refractivity contribution in [1.82, 2.24) is 14.8 Å². The summed E-state index contributed by atoms with van der Waals surface area (Å²) in [4.78, 5) is 50.6. The number of likely N-dealkylation sites (N-methyl/N-ethyl adjacent to an activating group) is 1. The number of urea groups is 1. The van der Waals surface area contributed by atoms with Crippen molar-refractivity contribution in [2.45, 2.75) is 25.4 Å². The number of nitrogens with two attached hydrogens (primary N) is 1. The monoisotopic (exact) mass is 492 g/mol. The summed E-state index contributed by atoms with van der Waals surface area (Å²) in [5.74, 6) is -2.67. The lowest BCUT2D eigenvalue weighted by Crippen LogP contribution is -2.36. The zero-order chi connectivity index (χ0) is 26.2. The van der Waals surface area contributed by atoms with Crippen LogP contribution in [0, 0.1) is 0 Å². The van der Waals surface area contributed by atoms with Crippen LogP contribution < -0.4 is 5.73 Å². The Kier molecular flexibility index (Phi) is 8.58. The minimum atomic E-state index is -1.26. The Morgan fingerprint density at radius 1 is 1.03 bits per heavy atom. The number of hydrogen-bond acceptors (Lipinski definition) is 5. The van der Waals surface area contributed by atoms with E-state index in [1.165, 1.54) is 10.5 Å². The van der Waals surface area contributed by atoms with Gasteiger partial charge in [0.2, 0.25) is 0 Å². The van der Waals surface area contributed by atoms with E-state index in [4.69, 9.17) is 15.9 Å². The maximum atomic E-state index is 12.7. The van der Waals surface area contributed by atoms with Crippen molar-refractivity contribution in [2.75, 3.05) is 13.6 Å². The molecule has 2 aromatic carbocycles. The molecule has 188 valence electrons. The van der Waals surface area contributed by atoms with Crippen LogP contribution in [-0.2, 0) is 33.8 Å². The number of carboxylic acids is 2. The second kappa shape index (κ2) is 11.8. The predicted octanol–water partition coefficient (Wildman–Crippen LogP) is 2.39. The summed E-state index contributed by atoms with van der Waals surface area (Å²) in [5, 5.41) is 16.8. The molecule has 4 rings (SSSR count). The predicted molar refractivity (Wildman–Crippen MR) is 133 cm³/mol. The summed E-state index contributed by atoms with van der Waals surface area (Å²) in [6.07, 6.45) is 4.39. The Morgan fingerprint density at radius 2 is 1.69 bits per heavy atom. The maximum Gasteiger partial charge on any atom is 0.328 e. The van der Waals surface area contributed by atoms with Crippen LogP contribution in [0.15, 0.2) is 66.9 Å². The quantitative estimate of drug-likeness (QED) is 0.278. The molecule has 1 saturated heterocycles. The number of nitrogens with zero attached hydrogens (tertiary/aromatic N) is 2. The molecule has 1 aliphatic rings. The zero-order valence-electron chi connectivity index (χ0n) is 19.8. The molecule has 3 aromatic rings. The Balaban J connectivity index is 0.000000392. The van der Waals surface area contributed by atoms with Crippen LogP contribution in [0.1, 0.15) is 16.7 Å². The lowest BCUT2D eigenvalue weighted by atomic mass is 10.0. The van der Waals surface area contributed by atoms with E-state index in [9.17, 15) is 19.2 Å². The molecule has 0 bridgehead atoms. The van der Waals surface area contributed by atoms with Gasteiger partial charge in [-0.05, 0) is 41.8 Å². The molecule has 1 fully saturated rings.